The van der Waals surface area contributed by atoms with Crippen LogP contribution in [0, 0.1) is 0 Å². The van der Waals surface area contributed by atoms with E-state index in [0.29, 0.717) is 11.8 Å². The van der Waals surface area contributed by atoms with Gasteiger partial charge >= 0.3 is 6.18 Å². The van der Waals surface area contributed by atoms with Gasteiger partial charge in [0.15, 0.2) is 0 Å². The quantitative estimate of drug-likeness (QED) is 0.773. The molecule has 0 aliphatic heterocycles. The lowest BCUT2D eigenvalue weighted by Crippen LogP contribution is -2.31. The minimum atomic E-state index is -4.42. The van der Waals surface area contributed by atoms with E-state index in [1.807, 2.05) is 7.05 Å². The molecular weight excluding hydrogens is 323 g/mol. The minimum absolute atomic E-state index is 0.00157. The molecule has 0 aliphatic rings. The number of hydrogen-bond donors (Lipinski definition) is 1. The van der Waals surface area contributed by atoms with E-state index >= 15 is 0 Å². The normalized spacial score (nSPS) is 11.6. The van der Waals surface area contributed by atoms with Gasteiger partial charge in [-0.2, -0.15) is 13.2 Å². The van der Waals surface area contributed by atoms with Gasteiger partial charge in [-0.3, -0.25) is 4.79 Å². The monoisotopic (exact) mass is 339 g/mol. The molecule has 0 radical (unpaired) electrons. The van der Waals surface area contributed by atoms with Crippen molar-refractivity contribution < 1.29 is 18.0 Å². The second-order valence-corrected chi connectivity index (χ2v) is 5.80. The van der Waals surface area contributed by atoms with Gasteiger partial charge in [0.25, 0.3) is 0 Å². The van der Waals surface area contributed by atoms with Crippen molar-refractivity contribution >= 4 is 22.2 Å². The second-order valence-electron chi connectivity index (χ2n) is 4.89. The van der Waals surface area contributed by atoms with Gasteiger partial charge in [-0.1, -0.05) is 15.9 Å². The number of halogens is 4. The van der Waals surface area contributed by atoms with Crippen molar-refractivity contribution in [1.29, 1.82) is 0 Å². The molecule has 0 fully saturated rings. The maximum absolute atomic E-state index is 12.1. The molecule has 19 heavy (non-hydrogen) atoms. The van der Waals surface area contributed by atoms with E-state index in [9.17, 15) is 18.0 Å². The Kier molecular flexibility index (Phi) is 6.72. The zero-order valence-corrected chi connectivity index (χ0v) is 12.8. The Morgan fingerprint density at radius 2 is 1.63 bits per heavy atom. The van der Waals surface area contributed by atoms with Crippen LogP contribution >= 0.6 is 15.9 Å². The van der Waals surface area contributed by atoms with Crippen LogP contribution < -0.4 is 5.32 Å². The average molecular weight is 340 g/mol. The topological polar surface area (TPSA) is 29.1 Å². The first kappa shape index (κ1) is 18.1. The summed E-state index contributed by atoms with van der Waals surface area (Å²) in [6.07, 6.45) is -4.04. The first-order chi connectivity index (χ1) is 8.49. The molecule has 0 heterocycles. The zero-order chi connectivity index (χ0) is 15.3. The van der Waals surface area contributed by atoms with E-state index in [2.05, 4.69) is 42.0 Å². The third kappa shape index (κ3) is 8.00. The summed E-state index contributed by atoms with van der Waals surface area (Å²) in [6.45, 7) is 6.40. The van der Waals surface area contributed by atoms with Crippen LogP contribution in [-0.2, 0) is 6.18 Å². The molecule has 0 aromatic heterocycles. The van der Waals surface area contributed by atoms with Crippen LogP contribution in [0.25, 0.3) is 0 Å². The van der Waals surface area contributed by atoms with Crippen LogP contribution in [0.4, 0.5) is 13.2 Å². The molecule has 6 heteroatoms. The maximum atomic E-state index is 12.1. The van der Waals surface area contributed by atoms with Crippen molar-refractivity contribution in [3.63, 3.8) is 0 Å². The standard InChI is InChI=1S/C8H4BrF3O.C5H13N/c9-7-2-5(4-13)1-6(3-7)8(10,11)12;1-5(2,3)6-4/h1-4H;6H,1-4H3. The van der Waals surface area contributed by atoms with E-state index in [1.54, 1.807) is 0 Å². The third-order valence-electron chi connectivity index (χ3n) is 2.13. The van der Waals surface area contributed by atoms with Gasteiger partial charge in [0.2, 0.25) is 0 Å². The fraction of sp³-hybridized carbons (Fsp3) is 0.462. The Bertz CT molecular complexity index is 425. The summed E-state index contributed by atoms with van der Waals surface area (Å²) in [4.78, 5) is 10.2. The molecule has 108 valence electrons. The van der Waals surface area contributed by atoms with Crippen LogP contribution in [0.15, 0.2) is 22.7 Å². The molecule has 0 saturated carbocycles. The summed E-state index contributed by atoms with van der Waals surface area (Å²) in [7, 11) is 1.96. The van der Waals surface area contributed by atoms with Crippen LogP contribution in [0.3, 0.4) is 0 Å². The highest BCUT2D eigenvalue weighted by atomic mass is 79.9. The van der Waals surface area contributed by atoms with Gasteiger partial charge in [-0.05, 0) is 46.0 Å². The highest BCUT2D eigenvalue weighted by molar-refractivity contribution is 9.10. The third-order valence-corrected chi connectivity index (χ3v) is 2.59. The molecule has 0 unspecified atom stereocenters. The molecule has 0 bridgehead atoms. The fourth-order valence-corrected chi connectivity index (χ4v) is 1.35. The highest BCUT2D eigenvalue weighted by Crippen LogP contribution is 2.31. The van der Waals surface area contributed by atoms with Crippen LogP contribution in [0.2, 0.25) is 0 Å². The minimum Gasteiger partial charge on any atom is -0.315 e. The smallest absolute Gasteiger partial charge is 0.315 e. The Labute approximate surface area is 119 Å². The Hall–Kier alpha value is -0.880. The highest BCUT2D eigenvalue weighted by Gasteiger charge is 2.30. The number of nitrogens with one attached hydrogen (secondary N) is 1. The molecule has 1 N–H and O–H groups in total. The number of carbonyl (C=O) groups excluding carboxylic acids is 1. The van der Waals surface area contributed by atoms with E-state index in [1.165, 1.54) is 6.07 Å². The number of aldehydes is 1. The van der Waals surface area contributed by atoms with Gasteiger partial charge in [-0.25, -0.2) is 0 Å². The lowest BCUT2D eigenvalue weighted by molar-refractivity contribution is -0.137. The molecule has 2 nitrogen and oxygen atoms in total. The van der Waals surface area contributed by atoms with Gasteiger partial charge in [0.05, 0.1) is 5.56 Å². The van der Waals surface area contributed by atoms with E-state index in [0.717, 1.165) is 12.1 Å². The number of rotatable bonds is 1. The van der Waals surface area contributed by atoms with Gasteiger partial charge in [0.1, 0.15) is 6.29 Å². The number of hydrogen-bond acceptors (Lipinski definition) is 2. The molecule has 1 aromatic rings. The van der Waals surface area contributed by atoms with Gasteiger partial charge < -0.3 is 5.32 Å². The van der Waals surface area contributed by atoms with Crippen LogP contribution in [-0.4, -0.2) is 18.9 Å². The predicted octanol–water partition coefficient (Wildman–Crippen LogP) is 4.28. The molecular formula is C13H17BrF3NO. The van der Waals surface area contributed by atoms with Crippen molar-refractivity contribution in [2.24, 2.45) is 0 Å². The van der Waals surface area contributed by atoms with Gasteiger partial charge in [0, 0.05) is 15.6 Å². The van der Waals surface area contributed by atoms with Crippen LogP contribution in [0.5, 0.6) is 0 Å². The van der Waals surface area contributed by atoms with E-state index in [4.69, 9.17) is 0 Å². The molecule has 0 aliphatic carbocycles. The average Bonchev–Trinajstić information content (AvgIpc) is 2.27. The summed E-state index contributed by atoms with van der Waals surface area (Å²) in [5, 5.41) is 3.10. The zero-order valence-electron chi connectivity index (χ0n) is 11.2. The molecule has 0 atom stereocenters. The Morgan fingerprint density at radius 3 is 1.95 bits per heavy atom. The van der Waals surface area contributed by atoms with E-state index < -0.39 is 11.7 Å². The van der Waals surface area contributed by atoms with E-state index in [-0.39, 0.29) is 10.0 Å². The van der Waals surface area contributed by atoms with Crippen molar-refractivity contribution in [3.8, 4) is 0 Å². The Morgan fingerprint density at radius 1 is 1.16 bits per heavy atom. The molecule has 1 rings (SSSR count). The number of carbonyl (C=O) groups is 1. The van der Waals surface area contributed by atoms with Crippen molar-refractivity contribution in [1.82, 2.24) is 5.32 Å². The summed E-state index contributed by atoms with van der Waals surface area (Å²) < 4.78 is 36.7. The fourth-order valence-electron chi connectivity index (χ4n) is 0.844. The summed E-state index contributed by atoms with van der Waals surface area (Å²) in [5.41, 5.74) is -0.536. The molecule has 1 aromatic carbocycles. The summed E-state index contributed by atoms with van der Waals surface area (Å²) in [5.74, 6) is 0. The summed E-state index contributed by atoms with van der Waals surface area (Å²) in [6, 6.07) is 3.05. The van der Waals surface area contributed by atoms with Crippen LogP contribution in [0.1, 0.15) is 36.7 Å². The predicted molar refractivity (Wildman–Crippen MR) is 73.3 cm³/mol. The second kappa shape index (κ2) is 7.05. The molecule has 0 saturated heterocycles. The van der Waals surface area contributed by atoms with Crippen molar-refractivity contribution in [2.75, 3.05) is 7.05 Å². The maximum Gasteiger partial charge on any atom is 0.416 e. The lowest BCUT2D eigenvalue weighted by Gasteiger charge is -2.15. The number of alkyl halides is 3. The SMILES string of the molecule is CNC(C)(C)C.O=Cc1cc(Br)cc(C(F)(F)F)c1. The first-order valence-corrected chi connectivity index (χ1v) is 6.31. The number of benzene rings is 1. The largest absolute Gasteiger partial charge is 0.416 e. The first-order valence-electron chi connectivity index (χ1n) is 5.51. The molecule has 0 amide bonds. The van der Waals surface area contributed by atoms with Crippen molar-refractivity contribution in [2.45, 2.75) is 32.5 Å². The molecule has 0 spiro atoms. The summed E-state index contributed by atoms with van der Waals surface area (Å²) >= 11 is 2.89. The van der Waals surface area contributed by atoms with Gasteiger partial charge in [-0.15, -0.1) is 0 Å². The lowest BCUT2D eigenvalue weighted by atomic mass is 10.1. The van der Waals surface area contributed by atoms with Crippen molar-refractivity contribution in [3.05, 3.63) is 33.8 Å². The Balaban J connectivity index is 0.000000459.